The molecule has 1 amide bonds. The van der Waals surface area contributed by atoms with E-state index in [9.17, 15) is 4.79 Å². The third kappa shape index (κ3) is 5.16. The lowest BCUT2D eigenvalue weighted by Gasteiger charge is -2.31. The van der Waals surface area contributed by atoms with E-state index in [1.165, 1.54) is 0 Å². The van der Waals surface area contributed by atoms with E-state index in [2.05, 4.69) is 29.2 Å². The minimum atomic E-state index is -0.0835. The zero-order valence-electron chi connectivity index (χ0n) is 17.4. The minimum Gasteiger partial charge on any atom is -0.497 e. The van der Waals surface area contributed by atoms with Crippen LogP contribution in [0.3, 0.4) is 0 Å². The zero-order chi connectivity index (χ0) is 20.1. The molecule has 2 fully saturated rings. The molecule has 2 saturated heterocycles. The first-order chi connectivity index (χ1) is 13.5. The van der Waals surface area contributed by atoms with Crippen LogP contribution in [-0.4, -0.2) is 89.0 Å². The number of methoxy groups -OCH3 is 2. The number of hydrogen-bond donors (Lipinski definition) is 1. The van der Waals surface area contributed by atoms with Crippen molar-refractivity contribution in [2.45, 2.75) is 24.9 Å². The molecule has 156 valence electrons. The van der Waals surface area contributed by atoms with Gasteiger partial charge < -0.3 is 24.4 Å². The number of nitrogens with zero attached hydrogens (tertiary/aromatic N) is 2. The van der Waals surface area contributed by atoms with Crippen LogP contribution in [0.15, 0.2) is 18.2 Å². The summed E-state index contributed by atoms with van der Waals surface area (Å²) in [6.07, 6.45) is 2.14. The Kier molecular flexibility index (Phi) is 7.15. The number of nitrogens with one attached hydrogen (secondary N) is 1. The van der Waals surface area contributed by atoms with Crippen LogP contribution >= 0.6 is 0 Å². The number of rotatable bonds is 7. The summed E-state index contributed by atoms with van der Waals surface area (Å²) in [6, 6.07) is 5.95. The summed E-state index contributed by atoms with van der Waals surface area (Å²) >= 11 is 0. The lowest BCUT2D eigenvalue weighted by atomic mass is 10.0. The molecule has 1 aromatic rings. The van der Waals surface area contributed by atoms with Gasteiger partial charge in [-0.1, -0.05) is 0 Å². The Bertz CT molecular complexity index is 639. The molecule has 0 saturated carbocycles. The van der Waals surface area contributed by atoms with Crippen molar-refractivity contribution in [1.82, 2.24) is 15.1 Å². The van der Waals surface area contributed by atoms with Gasteiger partial charge in [0.25, 0.3) is 5.91 Å². The molecule has 0 radical (unpaired) electrons. The van der Waals surface area contributed by atoms with Crippen molar-refractivity contribution in [3.63, 3.8) is 0 Å². The number of amides is 1. The molecular weight excluding hydrogens is 358 g/mol. The molecule has 3 rings (SSSR count). The van der Waals surface area contributed by atoms with Crippen LogP contribution in [0.5, 0.6) is 11.5 Å². The molecule has 0 aliphatic carbocycles. The van der Waals surface area contributed by atoms with E-state index in [0.717, 1.165) is 45.7 Å². The van der Waals surface area contributed by atoms with Crippen LogP contribution in [-0.2, 0) is 4.74 Å². The number of benzene rings is 1. The molecule has 0 unspecified atom stereocenters. The highest BCUT2D eigenvalue weighted by Crippen LogP contribution is 2.26. The van der Waals surface area contributed by atoms with Gasteiger partial charge in [0.05, 0.1) is 14.2 Å². The Morgan fingerprint density at radius 3 is 2.36 bits per heavy atom. The van der Waals surface area contributed by atoms with E-state index in [1.54, 1.807) is 32.4 Å². The lowest BCUT2D eigenvalue weighted by Crippen LogP contribution is -2.44. The van der Waals surface area contributed by atoms with E-state index in [1.807, 2.05) is 0 Å². The predicted molar refractivity (Wildman–Crippen MR) is 108 cm³/mol. The van der Waals surface area contributed by atoms with Gasteiger partial charge in [0.15, 0.2) is 0 Å². The quantitative estimate of drug-likeness (QED) is 0.760. The molecule has 0 spiro atoms. The van der Waals surface area contributed by atoms with Gasteiger partial charge in [-0.3, -0.25) is 9.69 Å². The van der Waals surface area contributed by atoms with Crippen molar-refractivity contribution in [2.24, 2.45) is 5.92 Å². The predicted octanol–water partition coefficient (Wildman–Crippen LogP) is 1.47. The monoisotopic (exact) mass is 391 g/mol. The van der Waals surface area contributed by atoms with Crippen molar-refractivity contribution < 1.29 is 19.0 Å². The van der Waals surface area contributed by atoms with Crippen LogP contribution in [0.2, 0.25) is 0 Å². The second-order valence-electron chi connectivity index (χ2n) is 8.00. The molecule has 2 aliphatic rings. The molecule has 2 heterocycles. The summed E-state index contributed by atoms with van der Waals surface area (Å²) in [5.74, 6) is 1.54. The first-order valence-corrected chi connectivity index (χ1v) is 10.0. The van der Waals surface area contributed by atoms with Gasteiger partial charge in [-0.25, -0.2) is 0 Å². The minimum absolute atomic E-state index is 0.0835. The average Bonchev–Trinajstić information content (AvgIpc) is 3.09. The summed E-state index contributed by atoms with van der Waals surface area (Å²) < 4.78 is 16.1. The van der Waals surface area contributed by atoms with Crippen molar-refractivity contribution in [3.05, 3.63) is 23.8 Å². The fraction of sp³-hybridized carbons (Fsp3) is 0.667. The van der Waals surface area contributed by atoms with Crippen LogP contribution in [0.4, 0.5) is 0 Å². The molecule has 7 heteroatoms. The standard InChI is InChI=1S/C21H33N3O4/c1-23(2)12-16-13-24(17-5-7-28-8-6-17)14-20(16)22-21(25)15-9-18(26-3)11-19(10-15)27-4/h9-11,16-17,20H,5-8,12-14H2,1-4H3,(H,22,25)/t16-,20-/m1/s1. The maximum Gasteiger partial charge on any atom is 0.251 e. The maximum atomic E-state index is 13.0. The highest BCUT2D eigenvalue weighted by molar-refractivity contribution is 5.95. The Balaban J connectivity index is 1.71. The van der Waals surface area contributed by atoms with Crippen molar-refractivity contribution >= 4 is 5.91 Å². The summed E-state index contributed by atoms with van der Waals surface area (Å²) in [6.45, 7) is 4.51. The van der Waals surface area contributed by atoms with Crippen molar-refractivity contribution in [1.29, 1.82) is 0 Å². The maximum absolute atomic E-state index is 13.0. The van der Waals surface area contributed by atoms with E-state index in [4.69, 9.17) is 14.2 Å². The van der Waals surface area contributed by atoms with Crippen LogP contribution in [0.1, 0.15) is 23.2 Å². The number of ether oxygens (including phenoxy) is 3. The third-order valence-electron chi connectivity index (χ3n) is 5.71. The van der Waals surface area contributed by atoms with Crippen molar-refractivity contribution in [2.75, 3.05) is 61.2 Å². The first kappa shape index (κ1) is 20.9. The van der Waals surface area contributed by atoms with Crippen molar-refractivity contribution in [3.8, 4) is 11.5 Å². The molecule has 2 atom stereocenters. The van der Waals surface area contributed by atoms with Gasteiger partial charge in [-0.2, -0.15) is 0 Å². The highest BCUT2D eigenvalue weighted by atomic mass is 16.5. The van der Waals surface area contributed by atoms with Gasteiger partial charge >= 0.3 is 0 Å². The number of carbonyl (C=O) groups excluding carboxylic acids is 1. The molecule has 1 N–H and O–H groups in total. The molecule has 2 aliphatic heterocycles. The number of carbonyl (C=O) groups is 1. The molecule has 7 nitrogen and oxygen atoms in total. The molecule has 28 heavy (non-hydrogen) atoms. The van der Waals surface area contributed by atoms with E-state index in [0.29, 0.717) is 29.0 Å². The molecule has 1 aromatic carbocycles. The largest absolute Gasteiger partial charge is 0.497 e. The lowest BCUT2D eigenvalue weighted by molar-refractivity contribution is 0.0403. The van der Waals surface area contributed by atoms with Gasteiger partial charge in [-0.15, -0.1) is 0 Å². The van der Waals surface area contributed by atoms with E-state index >= 15 is 0 Å². The second kappa shape index (κ2) is 9.58. The SMILES string of the molecule is COc1cc(OC)cc(C(=O)N[C@@H]2CN(C3CCOCC3)C[C@H]2CN(C)C)c1. The average molecular weight is 392 g/mol. The normalized spacial score (nSPS) is 23.8. The fourth-order valence-electron chi connectivity index (χ4n) is 4.26. The van der Waals surface area contributed by atoms with Gasteiger partial charge in [0.2, 0.25) is 0 Å². The van der Waals surface area contributed by atoms with Crippen LogP contribution < -0.4 is 14.8 Å². The molecule has 0 aromatic heterocycles. The Hall–Kier alpha value is -1.83. The smallest absolute Gasteiger partial charge is 0.251 e. The Morgan fingerprint density at radius 2 is 1.79 bits per heavy atom. The summed E-state index contributed by atoms with van der Waals surface area (Å²) in [5, 5.41) is 3.27. The topological polar surface area (TPSA) is 63.3 Å². The third-order valence-corrected chi connectivity index (χ3v) is 5.71. The summed E-state index contributed by atoms with van der Waals surface area (Å²) in [7, 11) is 7.35. The van der Waals surface area contributed by atoms with Crippen LogP contribution in [0.25, 0.3) is 0 Å². The van der Waals surface area contributed by atoms with Crippen LogP contribution in [0, 0.1) is 5.92 Å². The molecule has 0 bridgehead atoms. The van der Waals surface area contributed by atoms with E-state index in [-0.39, 0.29) is 11.9 Å². The van der Waals surface area contributed by atoms with Gasteiger partial charge in [-0.05, 0) is 39.1 Å². The molecular formula is C21H33N3O4. The number of hydrogen-bond acceptors (Lipinski definition) is 6. The fourth-order valence-corrected chi connectivity index (χ4v) is 4.26. The first-order valence-electron chi connectivity index (χ1n) is 10.0. The number of likely N-dealkylation sites (tertiary alicyclic amines) is 1. The Labute approximate surface area is 167 Å². The zero-order valence-corrected chi connectivity index (χ0v) is 17.4. The highest BCUT2D eigenvalue weighted by Gasteiger charge is 2.37. The summed E-state index contributed by atoms with van der Waals surface area (Å²) in [4.78, 5) is 17.7. The van der Waals surface area contributed by atoms with E-state index < -0.39 is 0 Å². The van der Waals surface area contributed by atoms with Gasteiger partial charge in [0.1, 0.15) is 11.5 Å². The summed E-state index contributed by atoms with van der Waals surface area (Å²) in [5.41, 5.74) is 0.560. The second-order valence-corrected chi connectivity index (χ2v) is 8.00. The Morgan fingerprint density at radius 1 is 1.14 bits per heavy atom. The van der Waals surface area contributed by atoms with Gasteiger partial charge in [0, 0.05) is 62.5 Å².